The van der Waals surface area contributed by atoms with Gasteiger partial charge in [0.2, 0.25) is 15.9 Å². The van der Waals surface area contributed by atoms with E-state index in [0.717, 1.165) is 5.56 Å². The van der Waals surface area contributed by atoms with Gasteiger partial charge in [-0.05, 0) is 55.8 Å². The van der Waals surface area contributed by atoms with Crippen LogP contribution in [0, 0.1) is 0 Å². The molecule has 0 fully saturated rings. The van der Waals surface area contributed by atoms with Gasteiger partial charge in [-0.3, -0.25) is 4.79 Å². The molecule has 27 heavy (non-hydrogen) atoms. The van der Waals surface area contributed by atoms with Crippen molar-refractivity contribution in [1.82, 2.24) is 4.72 Å². The molecule has 0 saturated heterocycles. The number of benzene rings is 2. The molecular weight excluding hydrogens is 368 g/mol. The van der Waals surface area contributed by atoms with E-state index in [-0.39, 0.29) is 10.8 Å². The van der Waals surface area contributed by atoms with Crippen molar-refractivity contribution in [3.8, 4) is 11.5 Å². The van der Waals surface area contributed by atoms with E-state index in [0.29, 0.717) is 30.4 Å². The van der Waals surface area contributed by atoms with Crippen molar-refractivity contribution in [3.05, 3.63) is 48.0 Å². The summed E-state index contributed by atoms with van der Waals surface area (Å²) in [5, 5.41) is 2.61. The van der Waals surface area contributed by atoms with Crippen LogP contribution >= 0.6 is 0 Å². The Morgan fingerprint density at radius 1 is 1.00 bits per heavy atom. The minimum atomic E-state index is -3.77. The standard InChI is InChI=1S/C19H22N2O5S/c1-13(22)20-15-5-7-16(8-6-15)27(23,24)21-19(2,3)14-4-9-17-18(12-14)26-11-10-25-17/h4-9,12,21H,10-11H2,1-3H3,(H,20,22). The zero-order chi connectivity index (χ0) is 19.7. The van der Waals surface area contributed by atoms with Crippen LogP contribution in [0.25, 0.3) is 0 Å². The Hall–Kier alpha value is -2.58. The molecule has 3 rings (SSSR count). The molecule has 8 heteroatoms. The molecular formula is C19H22N2O5S. The number of carbonyl (C=O) groups excluding carboxylic acids is 1. The number of carbonyl (C=O) groups is 1. The van der Waals surface area contributed by atoms with Crippen molar-refractivity contribution >= 4 is 21.6 Å². The molecule has 0 unspecified atom stereocenters. The SMILES string of the molecule is CC(=O)Nc1ccc(S(=O)(=O)NC(C)(C)c2ccc3c(c2)OCCO3)cc1. The van der Waals surface area contributed by atoms with Crippen LogP contribution in [0.1, 0.15) is 26.3 Å². The summed E-state index contributed by atoms with van der Waals surface area (Å²) in [6, 6.07) is 11.4. The van der Waals surface area contributed by atoms with E-state index < -0.39 is 15.6 Å². The number of nitrogens with one attached hydrogen (secondary N) is 2. The summed E-state index contributed by atoms with van der Waals surface area (Å²) < 4.78 is 39.4. The lowest BCUT2D eigenvalue weighted by Crippen LogP contribution is -2.41. The van der Waals surface area contributed by atoms with Crippen molar-refractivity contribution in [2.24, 2.45) is 0 Å². The molecule has 1 aliphatic heterocycles. The minimum absolute atomic E-state index is 0.113. The number of hydrogen-bond acceptors (Lipinski definition) is 5. The maximum Gasteiger partial charge on any atom is 0.241 e. The van der Waals surface area contributed by atoms with Crippen LogP contribution in [-0.2, 0) is 20.4 Å². The maximum atomic E-state index is 12.8. The summed E-state index contributed by atoms with van der Waals surface area (Å²) in [4.78, 5) is 11.2. The van der Waals surface area contributed by atoms with Crippen molar-refractivity contribution in [2.45, 2.75) is 31.2 Å². The molecule has 2 aromatic rings. The molecule has 1 aliphatic rings. The molecule has 0 saturated carbocycles. The zero-order valence-corrected chi connectivity index (χ0v) is 16.2. The van der Waals surface area contributed by atoms with E-state index in [4.69, 9.17) is 9.47 Å². The van der Waals surface area contributed by atoms with Gasteiger partial charge >= 0.3 is 0 Å². The lowest BCUT2D eigenvalue weighted by atomic mass is 9.95. The highest BCUT2D eigenvalue weighted by atomic mass is 32.2. The maximum absolute atomic E-state index is 12.8. The zero-order valence-electron chi connectivity index (χ0n) is 15.4. The Labute approximate surface area is 158 Å². The number of rotatable bonds is 5. The summed E-state index contributed by atoms with van der Waals surface area (Å²) in [5.41, 5.74) is 0.420. The average Bonchev–Trinajstić information content (AvgIpc) is 2.60. The highest BCUT2D eigenvalue weighted by molar-refractivity contribution is 7.89. The first-order valence-corrected chi connectivity index (χ1v) is 9.97. The van der Waals surface area contributed by atoms with E-state index in [1.165, 1.54) is 19.1 Å². The Balaban J connectivity index is 1.82. The van der Waals surface area contributed by atoms with Crippen molar-refractivity contribution in [3.63, 3.8) is 0 Å². The Morgan fingerprint density at radius 3 is 2.26 bits per heavy atom. The highest BCUT2D eigenvalue weighted by Gasteiger charge is 2.29. The second-order valence-corrected chi connectivity index (χ2v) is 8.48. The first-order valence-electron chi connectivity index (χ1n) is 8.49. The molecule has 0 radical (unpaired) electrons. The molecule has 0 bridgehead atoms. The molecule has 7 nitrogen and oxygen atoms in total. The summed E-state index contributed by atoms with van der Waals surface area (Å²) in [5.74, 6) is 1.03. The van der Waals surface area contributed by atoms with Gasteiger partial charge in [0.05, 0.1) is 10.4 Å². The predicted octanol–water partition coefficient (Wildman–Crippen LogP) is 2.63. The summed E-state index contributed by atoms with van der Waals surface area (Å²) in [6.07, 6.45) is 0. The lowest BCUT2D eigenvalue weighted by Gasteiger charge is -2.28. The molecule has 2 N–H and O–H groups in total. The van der Waals surface area contributed by atoms with Crippen LogP contribution in [-0.4, -0.2) is 27.5 Å². The van der Waals surface area contributed by atoms with Gasteiger partial charge in [0.25, 0.3) is 0 Å². The molecule has 0 aliphatic carbocycles. The fourth-order valence-electron chi connectivity index (χ4n) is 2.81. The van der Waals surface area contributed by atoms with Crippen LogP contribution in [0.15, 0.2) is 47.4 Å². The van der Waals surface area contributed by atoms with E-state index in [1.807, 2.05) is 6.07 Å². The van der Waals surface area contributed by atoms with Gasteiger partial charge in [0.15, 0.2) is 11.5 Å². The van der Waals surface area contributed by atoms with E-state index in [9.17, 15) is 13.2 Å². The van der Waals surface area contributed by atoms with Crippen LogP contribution in [0.5, 0.6) is 11.5 Å². The van der Waals surface area contributed by atoms with E-state index in [2.05, 4.69) is 10.0 Å². The summed E-state index contributed by atoms with van der Waals surface area (Å²) in [7, 11) is -3.77. The Bertz CT molecular complexity index is 953. The fourth-order valence-corrected chi connectivity index (χ4v) is 4.21. The second kappa shape index (κ2) is 7.21. The topological polar surface area (TPSA) is 93.7 Å². The normalized spacial score (nSPS) is 13.9. The van der Waals surface area contributed by atoms with Gasteiger partial charge in [-0.15, -0.1) is 0 Å². The van der Waals surface area contributed by atoms with Crippen LogP contribution in [0.2, 0.25) is 0 Å². The van der Waals surface area contributed by atoms with Crippen LogP contribution in [0.4, 0.5) is 5.69 Å². The third-order valence-corrected chi connectivity index (χ3v) is 5.81. The minimum Gasteiger partial charge on any atom is -0.486 e. The van der Waals surface area contributed by atoms with Crippen molar-refractivity contribution < 1.29 is 22.7 Å². The largest absolute Gasteiger partial charge is 0.486 e. The number of amides is 1. The van der Waals surface area contributed by atoms with Gasteiger partial charge < -0.3 is 14.8 Å². The predicted molar refractivity (Wildman–Crippen MR) is 102 cm³/mol. The Morgan fingerprint density at radius 2 is 1.63 bits per heavy atom. The second-order valence-electron chi connectivity index (χ2n) is 6.79. The molecule has 2 aromatic carbocycles. The number of ether oxygens (including phenoxy) is 2. The van der Waals surface area contributed by atoms with E-state index >= 15 is 0 Å². The van der Waals surface area contributed by atoms with Crippen molar-refractivity contribution in [1.29, 1.82) is 0 Å². The van der Waals surface area contributed by atoms with Gasteiger partial charge in [-0.2, -0.15) is 0 Å². The fraction of sp³-hybridized carbons (Fsp3) is 0.316. The van der Waals surface area contributed by atoms with Gasteiger partial charge in [-0.1, -0.05) is 6.07 Å². The molecule has 1 heterocycles. The third kappa shape index (κ3) is 4.40. The monoisotopic (exact) mass is 390 g/mol. The van der Waals surface area contributed by atoms with Crippen LogP contribution < -0.4 is 19.5 Å². The molecule has 1 amide bonds. The molecule has 0 aromatic heterocycles. The van der Waals surface area contributed by atoms with Gasteiger partial charge in [0, 0.05) is 12.6 Å². The third-order valence-electron chi connectivity index (χ3n) is 4.14. The average molecular weight is 390 g/mol. The van der Waals surface area contributed by atoms with Gasteiger partial charge in [-0.25, -0.2) is 13.1 Å². The molecule has 0 atom stereocenters. The highest BCUT2D eigenvalue weighted by Crippen LogP contribution is 2.34. The first kappa shape index (κ1) is 19.2. The number of fused-ring (bicyclic) bond motifs is 1. The summed E-state index contributed by atoms with van der Waals surface area (Å²) in [6.45, 7) is 5.91. The number of anilines is 1. The quantitative estimate of drug-likeness (QED) is 0.819. The molecule has 0 spiro atoms. The van der Waals surface area contributed by atoms with Gasteiger partial charge in [0.1, 0.15) is 13.2 Å². The molecule has 144 valence electrons. The smallest absolute Gasteiger partial charge is 0.241 e. The lowest BCUT2D eigenvalue weighted by molar-refractivity contribution is -0.114. The Kier molecular flexibility index (Phi) is 5.12. The number of hydrogen-bond donors (Lipinski definition) is 2. The van der Waals surface area contributed by atoms with Crippen LogP contribution in [0.3, 0.4) is 0 Å². The number of sulfonamides is 1. The first-order chi connectivity index (χ1) is 12.7. The van der Waals surface area contributed by atoms with E-state index in [1.54, 1.807) is 38.1 Å². The van der Waals surface area contributed by atoms with Crippen molar-refractivity contribution in [2.75, 3.05) is 18.5 Å². The summed E-state index contributed by atoms with van der Waals surface area (Å²) >= 11 is 0.